The standard InChI is InChI=1S/C16H23NO/c1-12-7-5-6-10-16(12)11-14(17-2)13-8-3-4-9-15(13)18-16/h3-4,8-9,12,14,17H,5-7,10-11H2,1-2H3. The molecule has 1 aliphatic heterocycles. The topological polar surface area (TPSA) is 21.3 Å². The second-order valence-corrected chi connectivity index (χ2v) is 5.90. The highest BCUT2D eigenvalue weighted by atomic mass is 16.5. The molecule has 2 heteroatoms. The summed E-state index contributed by atoms with van der Waals surface area (Å²) in [5.41, 5.74) is 1.39. The zero-order valence-electron chi connectivity index (χ0n) is 11.4. The van der Waals surface area contributed by atoms with Crippen LogP contribution in [0.25, 0.3) is 0 Å². The summed E-state index contributed by atoms with van der Waals surface area (Å²) in [5.74, 6) is 1.76. The van der Waals surface area contributed by atoms with E-state index in [-0.39, 0.29) is 5.60 Å². The Morgan fingerprint density at radius 2 is 2.11 bits per heavy atom. The van der Waals surface area contributed by atoms with Crippen LogP contribution in [0.4, 0.5) is 0 Å². The van der Waals surface area contributed by atoms with E-state index in [0.717, 1.165) is 12.2 Å². The predicted molar refractivity (Wildman–Crippen MR) is 73.9 cm³/mol. The minimum Gasteiger partial charge on any atom is -0.487 e. The van der Waals surface area contributed by atoms with Gasteiger partial charge in [-0.25, -0.2) is 0 Å². The minimum atomic E-state index is 0.0697. The second-order valence-electron chi connectivity index (χ2n) is 5.90. The summed E-state index contributed by atoms with van der Waals surface area (Å²) in [6, 6.07) is 8.95. The number of rotatable bonds is 1. The van der Waals surface area contributed by atoms with Crippen LogP contribution in [0.1, 0.15) is 50.6 Å². The summed E-state index contributed by atoms with van der Waals surface area (Å²) in [6.07, 6.45) is 6.29. The quantitative estimate of drug-likeness (QED) is 0.815. The lowest BCUT2D eigenvalue weighted by Crippen LogP contribution is -2.50. The van der Waals surface area contributed by atoms with E-state index in [9.17, 15) is 0 Å². The molecule has 1 fully saturated rings. The fourth-order valence-corrected chi connectivity index (χ4v) is 3.67. The summed E-state index contributed by atoms with van der Waals surface area (Å²) >= 11 is 0. The van der Waals surface area contributed by atoms with E-state index in [1.54, 1.807) is 0 Å². The van der Waals surface area contributed by atoms with Crippen LogP contribution in [0.3, 0.4) is 0 Å². The number of hydrogen-bond donors (Lipinski definition) is 1. The van der Waals surface area contributed by atoms with Gasteiger partial charge in [0.15, 0.2) is 0 Å². The first-order valence-corrected chi connectivity index (χ1v) is 7.20. The molecule has 98 valence electrons. The van der Waals surface area contributed by atoms with Gasteiger partial charge in [0.05, 0.1) is 0 Å². The molecule has 0 radical (unpaired) electrons. The Bertz CT molecular complexity index is 431. The van der Waals surface area contributed by atoms with Gasteiger partial charge < -0.3 is 10.1 Å². The van der Waals surface area contributed by atoms with Crippen LogP contribution in [0.15, 0.2) is 24.3 Å². The molecule has 0 amide bonds. The predicted octanol–water partition coefficient (Wildman–Crippen LogP) is 3.68. The molecule has 1 spiro atoms. The van der Waals surface area contributed by atoms with E-state index in [2.05, 4.69) is 43.6 Å². The number of fused-ring (bicyclic) bond motifs is 1. The van der Waals surface area contributed by atoms with Crippen LogP contribution in [0.5, 0.6) is 5.75 Å². The molecular formula is C16H23NO. The molecule has 0 saturated heterocycles. The summed E-state index contributed by atoms with van der Waals surface area (Å²) in [4.78, 5) is 0. The SMILES string of the molecule is CNC1CC2(CCCCC2C)Oc2ccccc21. The third kappa shape index (κ3) is 1.83. The van der Waals surface area contributed by atoms with E-state index in [1.807, 2.05) is 0 Å². The highest BCUT2D eigenvalue weighted by Gasteiger charge is 2.45. The molecule has 1 saturated carbocycles. The fraction of sp³-hybridized carbons (Fsp3) is 0.625. The molecule has 2 nitrogen and oxygen atoms in total. The van der Waals surface area contributed by atoms with Crippen molar-refractivity contribution in [1.29, 1.82) is 0 Å². The summed E-state index contributed by atoms with van der Waals surface area (Å²) < 4.78 is 6.46. The Morgan fingerprint density at radius 1 is 1.28 bits per heavy atom. The van der Waals surface area contributed by atoms with Crippen molar-refractivity contribution >= 4 is 0 Å². The van der Waals surface area contributed by atoms with E-state index in [0.29, 0.717) is 12.0 Å². The third-order valence-electron chi connectivity index (χ3n) is 4.89. The Labute approximate surface area is 110 Å². The zero-order valence-corrected chi connectivity index (χ0v) is 11.4. The molecule has 1 aliphatic carbocycles. The average molecular weight is 245 g/mol. The van der Waals surface area contributed by atoms with Gasteiger partial charge in [0, 0.05) is 18.0 Å². The van der Waals surface area contributed by atoms with Crippen LogP contribution in [-0.4, -0.2) is 12.6 Å². The van der Waals surface area contributed by atoms with Crippen LogP contribution in [-0.2, 0) is 0 Å². The molecule has 2 aliphatic rings. The van der Waals surface area contributed by atoms with Gasteiger partial charge in [-0.1, -0.05) is 31.5 Å². The van der Waals surface area contributed by atoms with Crippen molar-refractivity contribution in [2.24, 2.45) is 5.92 Å². The van der Waals surface area contributed by atoms with Crippen molar-refractivity contribution in [3.8, 4) is 5.75 Å². The molecule has 1 N–H and O–H groups in total. The van der Waals surface area contributed by atoms with Crippen molar-refractivity contribution in [2.45, 2.75) is 50.7 Å². The normalized spacial score (nSPS) is 35.0. The van der Waals surface area contributed by atoms with E-state index in [1.165, 1.54) is 31.2 Å². The molecule has 1 heterocycles. The molecule has 0 aromatic heterocycles. The lowest BCUT2D eigenvalue weighted by molar-refractivity contribution is -0.0437. The summed E-state index contributed by atoms with van der Waals surface area (Å²) in [7, 11) is 2.06. The molecule has 0 bridgehead atoms. The van der Waals surface area contributed by atoms with Crippen molar-refractivity contribution in [1.82, 2.24) is 5.32 Å². The largest absolute Gasteiger partial charge is 0.487 e. The molecular weight excluding hydrogens is 222 g/mol. The minimum absolute atomic E-state index is 0.0697. The average Bonchev–Trinajstić information content (AvgIpc) is 2.41. The van der Waals surface area contributed by atoms with Gasteiger partial charge in [-0.15, -0.1) is 0 Å². The maximum absolute atomic E-state index is 6.46. The Hall–Kier alpha value is -1.02. The highest BCUT2D eigenvalue weighted by molar-refractivity contribution is 5.39. The molecule has 1 aromatic rings. The maximum Gasteiger partial charge on any atom is 0.124 e. The smallest absolute Gasteiger partial charge is 0.124 e. The van der Waals surface area contributed by atoms with E-state index < -0.39 is 0 Å². The van der Waals surface area contributed by atoms with Crippen molar-refractivity contribution < 1.29 is 4.74 Å². The first-order chi connectivity index (χ1) is 8.75. The van der Waals surface area contributed by atoms with Gasteiger partial charge in [0.2, 0.25) is 0 Å². The van der Waals surface area contributed by atoms with E-state index >= 15 is 0 Å². The molecule has 3 atom stereocenters. The van der Waals surface area contributed by atoms with Crippen molar-refractivity contribution in [3.63, 3.8) is 0 Å². The lowest BCUT2D eigenvalue weighted by atomic mass is 9.71. The van der Waals surface area contributed by atoms with E-state index in [4.69, 9.17) is 4.74 Å². The summed E-state index contributed by atoms with van der Waals surface area (Å²) in [5, 5.41) is 3.47. The van der Waals surface area contributed by atoms with Gasteiger partial charge in [-0.3, -0.25) is 0 Å². The fourth-order valence-electron chi connectivity index (χ4n) is 3.67. The van der Waals surface area contributed by atoms with Crippen LogP contribution >= 0.6 is 0 Å². The first-order valence-electron chi connectivity index (χ1n) is 7.20. The lowest BCUT2D eigenvalue weighted by Gasteiger charge is -2.48. The highest BCUT2D eigenvalue weighted by Crippen LogP contribution is 2.48. The Balaban J connectivity index is 1.98. The Kier molecular flexibility index (Phi) is 3.06. The summed E-state index contributed by atoms with van der Waals surface area (Å²) in [6.45, 7) is 2.36. The van der Waals surface area contributed by atoms with Gasteiger partial charge in [0.25, 0.3) is 0 Å². The van der Waals surface area contributed by atoms with Gasteiger partial charge in [-0.2, -0.15) is 0 Å². The second kappa shape index (κ2) is 4.58. The monoisotopic (exact) mass is 245 g/mol. The van der Waals surface area contributed by atoms with Gasteiger partial charge >= 0.3 is 0 Å². The maximum atomic E-state index is 6.46. The number of para-hydroxylation sites is 1. The molecule has 3 rings (SSSR count). The van der Waals surface area contributed by atoms with Gasteiger partial charge in [-0.05, 0) is 38.3 Å². The van der Waals surface area contributed by atoms with Crippen molar-refractivity contribution in [3.05, 3.63) is 29.8 Å². The number of benzene rings is 1. The zero-order chi connectivity index (χ0) is 12.6. The first kappa shape index (κ1) is 12.0. The van der Waals surface area contributed by atoms with Crippen LogP contribution < -0.4 is 10.1 Å². The third-order valence-corrected chi connectivity index (χ3v) is 4.89. The Morgan fingerprint density at radius 3 is 2.89 bits per heavy atom. The number of ether oxygens (including phenoxy) is 1. The van der Waals surface area contributed by atoms with Crippen molar-refractivity contribution in [2.75, 3.05) is 7.05 Å². The molecule has 1 aromatic carbocycles. The number of hydrogen-bond acceptors (Lipinski definition) is 2. The van der Waals surface area contributed by atoms with Crippen LogP contribution in [0.2, 0.25) is 0 Å². The van der Waals surface area contributed by atoms with Gasteiger partial charge in [0.1, 0.15) is 11.4 Å². The van der Waals surface area contributed by atoms with Crippen LogP contribution in [0, 0.1) is 5.92 Å². The number of nitrogens with one attached hydrogen (secondary N) is 1. The molecule has 18 heavy (non-hydrogen) atoms. The molecule has 3 unspecified atom stereocenters.